The van der Waals surface area contributed by atoms with E-state index in [2.05, 4.69) is 15.1 Å². The number of fused-ring (bicyclic) bond motifs is 1. The van der Waals surface area contributed by atoms with Crippen molar-refractivity contribution in [1.82, 2.24) is 14.5 Å². The molecule has 3 aromatic rings. The number of aromatic nitrogens is 3. The van der Waals surface area contributed by atoms with Crippen LogP contribution >= 0.6 is 11.6 Å². The number of ether oxygens (including phenoxy) is 1. The molecule has 2 heterocycles. The van der Waals surface area contributed by atoms with Gasteiger partial charge in [0.25, 0.3) is 0 Å². The van der Waals surface area contributed by atoms with Crippen LogP contribution in [0.3, 0.4) is 0 Å². The molecular formula is C19H16ClN5O3. The third-order valence-corrected chi connectivity index (χ3v) is 4.42. The zero-order valence-electron chi connectivity index (χ0n) is 15.2. The highest BCUT2D eigenvalue weighted by molar-refractivity contribution is 6.30. The molecule has 0 radical (unpaired) electrons. The van der Waals surface area contributed by atoms with Crippen molar-refractivity contribution in [3.05, 3.63) is 51.8 Å². The number of aryl methyl sites for hydroxylation is 1. The summed E-state index contributed by atoms with van der Waals surface area (Å²) >= 11 is 6.10. The second-order valence-electron chi connectivity index (χ2n) is 5.80. The van der Waals surface area contributed by atoms with Gasteiger partial charge in [0, 0.05) is 23.3 Å². The second kappa shape index (κ2) is 8.15. The molecule has 0 spiro atoms. The maximum atomic E-state index is 12.5. The number of hydrogen-bond donors (Lipinski definition) is 0. The number of rotatable bonds is 6. The number of imidazole rings is 1. The monoisotopic (exact) mass is 397 g/mol. The van der Waals surface area contributed by atoms with E-state index in [0.29, 0.717) is 33.9 Å². The maximum absolute atomic E-state index is 12.5. The van der Waals surface area contributed by atoms with E-state index < -0.39 is 12.0 Å². The van der Waals surface area contributed by atoms with Crippen LogP contribution in [0.15, 0.2) is 35.6 Å². The highest BCUT2D eigenvalue weighted by Gasteiger charge is 2.26. The zero-order chi connectivity index (χ0) is 20.3. The average molecular weight is 398 g/mol. The van der Waals surface area contributed by atoms with Crippen molar-refractivity contribution in [2.24, 2.45) is 5.18 Å². The molecule has 1 aromatic carbocycles. The summed E-state index contributed by atoms with van der Waals surface area (Å²) in [6.45, 7) is 4.08. The molecule has 3 rings (SSSR count). The Hall–Kier alpha value is -3.31. The number of pyridine rings is 1. The van der Waals surface area contributed by atoms with Crippen LogP contribution in [-0.2, 0) is 11.3 Å². The molecule has 28 heavy (non-hydrogen) atoms. The molecule has 2 aromatic heterocycles. The van der Waals surface area contributed by atoms with Gasteiger partial charge >= 0.3 is 5.97 Å². The lowest BCUT2D eigenvalue weighted by Gasteiger charge is -2.10. The minimum Gasteiger partial charge on any atom is -0.462 e. The second-order valence-corrected chi connectivity index (χ2v) is 6.24. The van der Waals surface area contributed by atoms with Gasteiger partial charge in [-0.15, -0.1) is 4.91 Å². The minimum absolute atomic E-state index is 0.150. The standard InChI is InChI=1S/C19H16ClN5O3/c1-3-25-17-13(19(26)28-4-2)10-22-15(11-6-5-7-12(20)8-11)16(17)23-18(25)14(9-21)24-27/h5-8,10,14H,3-4H2,1-2H3. The third-order valence-electron chi connectivity index (χ3n) is 4.18. The van der Waals surface area contributed by atoms with Crippen LogP contribution in [0.2, 0.25) is 5.02 Å². The number of halogens is 1. The SMILES string of the molecule is CCOC(=O)c1cnc(-c2cccc(Cl)c2)c2nc(C(C#N)N=O)n(CC)c12. The van der Waals surface area contributed by atoms with Gasteiger partial charge in [0.05, 0.1) is 17.8 Å². The summed E-state index contributed by atoms with van der Waals surface area (Å²) in [5.74, 6) is -0.414. The van der Waals surface area contributed by atoms with Crippen molar-refractivity contribution < 1.29 is 9.53 Å². The van der Waals surface area contributed by atoms with E-state index in [4.69, 9.17) is 16.3 Å². The maximum Gasteiger partial charge on any atom is 0.341 e. The Morgan fingerprint density at radius 1 is 1.43 bits per heavy atom. The third kappa shape index (κ3) is 3.32. The number of carbonyl (C=O) groups is 1. The largest absolute Gasteiger partial charge is 0.462 e. The molecule has 1 atom stereocenters. The Bertz CT molecular complexity index is 1100. The van der Waals surface area contributed by atoms with Crippen molar-refractivity contribution in [3.8, 4) is 17.3 Å². The van der Waals surface area contributed by atoms with Crippen molar-refractivity contribution in [2.45, 2.75) is 26.4 Å². The molecule has 8 nitrogen and oxygen atoms in total. The van der Waals surface area contributed by atoms with E-state index in [0.717, 1.165) is 0 Å². The first-order valence-corrected chi connectivity index (χ1v) is 8.97. The lowest BCUT2D eigenvalue weighted by atomic mass is 10.1. The topological polar surface area (TPSA) is 110 Å². The Balaban J connectivity index is 2.39. The fourth-order valence-corrected chi connectivity index (χ4v) is 3.21. The quantitative estimate of drug-likeness (QED) is 0.453. The lowest BCUT2D eigenvalue weighted by molar-refractivity contribution is 0.0528. The predicted octanol–water partition coefficient (Wildman–Crippen LogP) is 4.28. The van der Waals surface area contributed by atoms with Gasteiger partial charge < -0.3 is 9.30 Å². The molecule has 0 bridgehead atoms. The number of esters is 1. The minimum atomic E-state index is -1.31. The van der Waals surface area contributed by atoms with Crippen LogP contribution in [0.5, 0.6) is 0 Å². The molecule has 1 unspecified atom stereocenters. The number of benzene rings is 1. The summed E-state index contributed by atoms with van der Waals surface area (Å²) in [4.78, 5) is 32.5. The fraction of sp³-hybridized carbons (Fsp3) is 0.263. The van der Waals surface area contributed by atoms with Crippen LogP contribution < -0.4 is 0 Å². The highest BCUT2D eigenvalue weighted by Crippen LogP contribution is 2.33. The van der Waals surface area contributed by atoms with E-state index in [1.807, 2.05) is 19.1 Å². The van der Waals surface area contributed by atoms with Gasteiger partial charge in [-0.1, -0.05) is 23.7 Å². The van der Waals surface area contributed by atoms with Gasteiger partial charge in [-0.25, -0.2) is 9.78 Å². The Morgan fingerprint density at radius 3 is 2.82 bits per heavy atom. The van der Waals surface area contributed by atoms with E-state index in [9.17, 15) is 15.0 Å². The first-order chi connectivity index (χ1) is 13.5. The predicted molar refractivity (Wildman–Crippen MR) is 104 cm³/mol. The molecule has 0 N–H and O–H groups in total. The molecule has 0 aliphatic rings. The van der Waals surface area contributed by atoms with Crippen LogP contribution in [0, 0.1) is 16.2 Å². The summed E-state index contributed by atoms with van der Waals surface area (Å²) in [5, 5.41) is 12.7. The van der Waals surface area contributed by atoms with Crippen molar-refractivity contribution in [2.75, 3.05) is 6.61 Å². The molecule has 0 saturated carbocycles. The van der Waals surface area contributed by atoms with Crippen LogP contribution in [0.25, 0.3) is 22.3 Å². The average Bonchev–Trinajstić information content (AvgIpc) is 3.07. The molecular weight excluding hydrogens is 382 g/mol. The number of hydrogen-bond acceptors (Lipinski definition) is 7. The Labute approximate surface area is 165 Å². The summed E-state index contributed by atoms with van der Waals surface area (Å²) in [7, 11) is 0. The Kier molecular flexibility index (Phi) is 5.66. The molecule has 0 aliphatic heterocycles. The van der Waals surface area contributed by atoms with Gasteiger partial charge in [-0.2, -0.15) is 5.26 Å². The molecule has 0 fully saturated rings. The van der Waals surface area contributed by atoms with E-state index >= 15 is 0 Å². The molecule has 0 amide bonds. The van der Waals surface area contributed by atoms with Crippen LogP contribution in [0.4, 0.5) is 0 Å². The van der Waals surface area contributed by atoms with E-state index in [1.54, 1.807) is 29.7 Å². The van der Waals surface area contributed by atoms with Crippen molar-refractivity contribution >= 4 is 28.6 Å². The smallest absolute Gasteiger partial charge is 0.341 e. The van der Waals surface area contributed by atoms with Gasteiger partial charge in [0.2, 0.25) is 6.04 Å². The summed E-state index contributed by atoms with van der Waals surface area (Å²) < 4.78 is 6.75. The summed E-state index contributed by atoms with van der Waals surface area (Å²) in [5.41, 5.74) is 2.17. The van der Waals surface area contributed by atoms with Crippen molar-refractivity contribution in [3.63, 3.8) is 0 Å². The lowest BCUT2D eigenvalue weighted by Crippen LogP contribution is -2.10. The number of nitriles is 1. The van der Waals surface area contributed by atoms with E-state index in [-0.39, 0.29) is 18.0 Å². The van der Waals surface area contributed by atoms with Gasteiger partial charge in [0.1, 0.15) is 17.1 Å². The number of carbonyl (C=O) groups excluding carboxylic acids is 1. The molecule has 9 heteroatoms. The van der Waals surface area contributed by atoms with Gasteiger partial charge in [-0.05, 0) is 31.2 Å². The summed E-state index contributed by atoms with van der Waals surface area (Å²) in [6.07, 6.45) is 1.41. The first-order valence-electron chi connectivity index (χ1n) is 8.59. The van der Waals surface area contributed by atoms with Gasteiger partial charge in [0.15, 0.2) is 5.82 Å². The molecule has 0 aliphatic carbocycles. The normalized spacial score (nSPS) is 11.8. The molecule has 0 saturated heterocycles. The fourth-order valence-electron chi connectivity index (χ4n) is 3.02. The number of nitroso groups, excluding NO2 is 1. The number of nitrogens with zero attached hydrogens (tertiary/aromatic N) is 5. The Morgan fingerprint density at radius 2 is 2.21 bits per heavy atom. The van der Waals surface area contributed by atoms with E-state index in [1.165, 1.54) is 6.20 Å². The van der Waals surface area contributed by atoms with Gasteiger partial charge in [-0.3, -0.25) is 4.98 Å². The highest BCUT2D eigenvalue weighted by atomic mass is 35.5. The zero-order valence-corrected chi connectivity index (χ0v) is 16.0. The van der Waals surface area contributed by atoms with Crippen molar-refractivity contribution in [1.29, 1.82) is 5.26 Å². The van der Waals surface area contributed by atoms with Crippen LogP contribution in [0.1, 0.15) is 36.1 Å². The first kappa shape index (κ1) is 19.5. The van der Waals surface area contributed by atoms with Crippen LogP contribution in [-0.4, -0.2) is 27.1 Å². The summed E-state index contributed by atoms with van der Waals surface area (Å²) in [6, 6.07) is 7.54. The molecule has 142 valence electrons.